The molecule has 0 saturated heterocycles. The zero-order chi connectivity index (χ0) is 25.6. The van der Waals surface area contributed by atoms with Crippen molar-refractivity contribution in [1.29, 1.82) is 0 Å². The van der Waals surface area contributed by atoms with Gasteiger partial charge in [-0.2, -0.15) is 0 Å². The van der Waals surface area contributed by atoms with Crippen molar-refractivity contribution >= 4 is 62.3 Å². The van der Waals surface area contributed by atoms with Gasteiger partial charge in [-0.05, 0) is 56.2 Å². The molecule has 0 saturated carbocycles. The molecule has 11 heteroatoms. The van der Waals surface area contributed by atoms with Gasteiger partial charge in [0.1, 0.15) is 12.6 Å². The summed E-state index contributed by atoms with van der Waals surface area (Å²) < 4.78 is 26.1. The lowest BCUT2D eigenvalue weighted by atomic mass is 10.1. The van der Waals surface area contributed by atoms with E-state index in [4.69, 9.17) is 34.8 Å². The highest BCUT2D eigenvalue weighted by Crippen LogP contribution is 2.27. The maximum Gasteiger partial charge on any atom is 0.244 e. The molecule has 2 amide bonds. The van der Waals surface area contributed by atoms with Gasteiger partial charge in [0, 0.05) is 27.7 Å². The molecule has 0 aromatic heterocycles. The van der Waals surface area contributed by atoms with Gasteiger partial charge in [-0.15, -0.1) is 0 Å². The van der Waals surface area contributed by atoms with E-state index in [-0.39, 0.29) is 34.2 Å². The standard InChI is InChI=1S/C23H28Cl3N3O4S/c1-5-15(2)27-23(31)16(3)28(13-17-7-6-8-18(24)9-17)22(30)14-29(34(4,32)33)21-11-19(25)10-20(26)12-21/h6-12,15-16H,5,13-14H2,1-4H3,(H,27,31)/t15-,16-/m1/s1. The monoisotopic (exact) mass is 547 g/mol. The van der Waals surface area contributed by atoms with Crippen LogP contribution in [-0.4, -0.2) is 50.0 Å². The second-order valence-electron chi connectivity index (χ2n) is 8.04. The summed E-state index contributed by atoms with van der Waals surface area (Å²) in [5.74, 6) is -0.922. The molecule has 0 fully saturated rings. The Morgan fingerprint density at radius 1 is 1.00 bits per heavy atom. The van der Waals surface area contributed by atoms with Gasteiger partial charge in [0.25, 0.3) is 0 Å². The summed E-state index contributed by atoms with van der Waals surface area (Å²) in [6, 6.07) is 10.2. The van der Waals surface area contributed by atoms with E-state index in [1.807, 2.05) is 13.8 Å². The first-order valence-electron chi connectivity index (χ1n) is 10.6. The van der Waals surface area contributed by atoms with Crippen LogP contribution in [0.1, 0.15) is 32.8 Å². The van der Waals surface area contributed by atoms with Crippen LogP contribution in [0, 0.1) is 0 Å². The Morgan fingerprint density at radius 2 is 1.62 bits per heavy atom. The number of amides is 2. The van der Waals surface area contributed by atoms with E-state index in [1.54, 1.807) is 31.2 Å². The molecule has 34 heavy (non-hydrogen) atoms. The van der Waals surface area contributed by atoms with Crippen LogP contribution < -0.4 is 9.62 Å². The minimum absolute atomic E-state index is 0.0579. The van der Waals surface area contributed by atoms with E-state index in [0.29, 0.717) is 10.6 Å². The highest BCUT2D eigenvalue weighted by molar-refractivity contribution is 7.92. The predicted molar refractivity (Wildman–Crippen MR) is 138 cm³/mol. The fourth-order valence-corrected chi connectivity index (χ4v) is 4.74. The number of carbonyl (C=O) groups is 2. The van der Waals surface area contributed by atoms with Crippen molar-refractivity contribution in [3.63, 3.8) is 0 Å². The summed E-state index contributed by atoms with van der Waals surface area (Å²) in [5, 5.41) is 3.79. The van der Waals surface area contributed by atoms with Crippen LogP contribution in [-0.2, 0) is 26.2 Å². The van der Waals surface area contributed by atoms with Gasteiger partial charge in [-0.1, -0.05) is 53.9 Å². The van der Waals surface area contributed by atoms with E-state index in [1.165, 1.54) is 23.1 Å². The first-order valence-corrected chi connectivity index (χ1v) is 13.6. The van der Waals surface area contributed by atoms with Gasteiger partial charge in [0.05, 0.1) is 11.9 Å². The van der Waals surface area contributed by atoms with Crippen LogP contribution in [0.15, 0.2) is 42.5 Å². The number of benzene rings is 2. The molecule has 2 rings (SSSR count). The Hall–Kier alpha value is -2.00. The summed E-state index contributed by atoms with van der Waals surface area (Å²) in [6.07, 6.45) is 1.70. The number of anilines is 1. The van der Waals surface area contributed by atoms with Gasteiger partial charge in [0.15, 0.2) is 0 Å². The van der Waals surface area contributed by atoms with Crippen LogP contribution in [0.3, 0.4) is 0 Å². The van der Waals surface area contributed by atoms with E-state index >= 15 is 0 Å². The zero-order valence-corrected chi connectivity index (χ0v) is 22.5. The van der Waals surface area contributed by atoms with Gasteiger partial charge < -0.3 is 10.2 Å². The van der Waals surface area contributed by atoms with Crippen LogP contribution in [0.5, 0.6) is 0 Å². The topological polar surface area (TPSA) is 86.8 Å². The van der Waals surface area contributed by atoms with Crippen molar-refractivity contribution < 1.29 is 18.0 Å². The van der Waals surface area contributed by atoms with E-state index in [2.05, 4.69) is 5.32 Å². The molecule has 0 unspecified atom stereocenters. The number of carbonyl (C=O) groups excluding carboxylic acids is 2. The largest absolute Gasteiger partial charge is 0.352 e. The van der Waals surface area contributed by atoms with Crippen molar-refractivity contribution in [3.05, 3.63) is 63.1 Å². The molecular formula is C23H28Cl3N3O4S. The lowest BCUT2D eigenvalue weighted by molar-refractivity contribution is -0.139. The fourth-order valence-electron chi connectivity index (χ4n) is 3.18. The van der Waals surface area contributed by atoms with Gasteiger partial charge in [0.2, 0.25) is 21.8 Å². The molecule has 2 aromatic rings. The van der Waals surface area contributed by atoms with Crippen molar-refractivity contribution in [2.24, 2.45) is 0 Å². The summed E-state index contributed by atoms with van der Waals surface area (Å²) >= 11 is 18.2. The summed E-state index contributed by atoms with van der Waals surface area (Å²) in [7, 11) is -3.88. The molecule has 0 aliphatic carbocycles. The first kappa shape index (κ1) is 28.2. The molecule has 1 N–H and O–H groups in total. The maximum atomic E-state index is 13.5. The highest BCUT2D eigenvalue weighted by Gasteiger charge is 2.30. The minimum atomic E-state index is -3.88. The molecular weight excluding hydrogens is 521 g/mol. The SMILES string of the molecule is CC[C@@H](C)NC(=O)[C@@H](C)N(Cc1cccc(Cl)c1)C(=O)CN(c1cc(Cl)cc(Cl)c1)S(C)(=O)=O. The average molecular weight is 549 g/mol. The Labute approximate surface area is 216 Å². The summed E-state index contributed by atoms with van der Waals surface area (Å²) in [5.41, 5.74) is 0.841. The maximum absolute atomic E-state index is 13.5. The van der Waals surface area contributed by atoms with Gasteiger partial charge in [-0.25, -0.2) is 8.42 Å². The Bertz CT molecular complexity index is 1120. The molecule has 0 aliphatic rings. The van der Waals surface area contributed by atoms with Crippen molar-refractivity contribution in [2.45, 2.75) is 45.8 Å². The van der Waals surface area contributed by atoms with Crippen LogP contribution >= 0.6 is 34.8 Å². The molecule has 0 spiro atoms. The molecule has 2 aromatic carbocycles. The number of halogens is 3. The van der Waals surface area contributed by atoms with Gasteiger partial charge in [-0.3, -0.25) is 13.9 Å². The molecule has 0 bridgehead atoms. The van der Waals surface area contributed by atoms with Crippen LogP contribution in [0.2, 0.25) is 15.1 Å². The molecule has 186 valence electrons. The molecule has 2 atom stereocenters. The highest BCUT2D eigenvalue weighted by atomic mass is 35.5. The third-order valence-corrected chi connectivity index (χ3v) is 7.04. The average Bonchev–Trinajstić information content (AvgIpc) is 2.73. The third-order valence-electron chi connectivity index (χ3n) is 5.22. The number of nitrogens with one attached hydrogen (secondary N) is 1. The number of sulfonamides is 1. The first-order chi connectivity index (χ1) is 15.8. The summed E-state index contributed by atoms with van der Waals surface area (Å²) in [6.45, 7) is 4.91. The molecule has 0 heterocycles. The normalized spacial score (nSPS) is 13.1. The second kappa shape index (κ2) is 12.1. The number of rotatable bonds is 10. The van der Waals surface area contributed by atoms with Crippen molar-refractivity contribution in [3.8, 4) is 0 Å². The molecule has 7 nitrogen and oxygen atoms in total. The van der Waals surface area contributed by atoms with Crippen molar-refractivity contribution in [1.82, 2.24) is 10.2 Å². The number of hydrogen-bond acceptors (Lipinski definition) is 4. The smallest absolute Gasteiger partial charge is 0.244 e. The van der Waals surface area contributed by atoms with Gasteiger partial charge >= 0.3 is 0 Å². The predicted octanol–water partition coefficient (Wildman–Crippen LogP) is 4.74. The minimum Gasteiger partial charge on any atom is -0.352 e. The van der Waals surface area contributed by atoms with Crippen molar-refractivity contribution in [2.75, 3.05) is 17.1 Å². The number of hydrogen-bond donors (Lipinski definition) is 1. The molecule has 0 aliphatic heterocycles. The van der Waals surface area contributed by atoms with E-state index < -0.39 is 28.5 Å². The zero-order valence-electron chi connectivity index (χ0n) is 19.4. The van der Waals surface area contributed by atoms with Crippen LogP contribution in [0.25, 0.3) is 0 Å². The summed E-state index contributed by atoms with van der Waals surface area (Å²) in [4.78, 5) is 27.7. The van der Waals surface area contributed by atoms with Crippen LogP contribution in [0.4, 0.5) is 5.69 Å². The quantitative estimate of drug-likeness (QED) is 0.464. The van der Waals surface area contributed by atoms with E-state index in [9.17, 15) is 18.0 Å². The lowest BCUT2D eigenvalue weighted by Gasteiger charge is -2.32. The van der Waals surface area contributed by atoms with E-state index in [0.717, 1.165) is 17.0 Å². The Balaban J connectivity index is 2.42. The fraction of sp³-hybridized carbons (Fsp3) is 0.391. The Kier molecular flexibility index (Phi) is 10.1. The number of nitrogens with zero attached hydrogens (tertiary/aromatic N) is 2. The lowest BCUT2D eigenvalue weighted by Crippen LogP contribution is -2.52. The molecule has 0 radical (unpaired) electrons. The Morgan fingerprint density at radius 3 is 2.15 bits per heavy atom. The third kappa shape index (κ3) is 8.05. The second-order valence-corrected chi connectivity index (χ2v) is 11.3.